The van der Waals surface area contributed by atoms with E-state index in [1.54, 1.807) is 6.20 Å². The highest BCUT2D eigenvalue weighted by Crippen LogP contribution is 2.26. The van der Waals surface area contributed by atoms with Crippen LogP contribution >= 0.6 is 22.7 Å². The van der Waals surface area contributed by atoms with Gasteiger partial charge in [-0.05, 0) is 13.8 Å². The highest BCUT2D eigenvalue weighted by atomic mass is 32.1. The van der Waals surface area contributed by atoms with Crippen molar-refractivity contribution in [3.63, 3.8) is 0 Å². The van der Waals surface area contributed by atoms with Gasteiger partial charge in [-0.25, -0.2) is 9.97 Å². The largest absolute Gasteiger partial charge is 0.337 e. The first-order valence-electron chi connectivity index (χ1n) is 6.97. The maximum atomic E-state index is 9.27. The van der Waals surface area contributed by atoms with Crippen molar-refractivity contribution in [3.8, 4) is 17.3 Å². The molecule has 1 N–H and O–H groups in total. The molecule has 6 heteroatoms. The maximum absolute atomic E-state index is 9.27. The molecule has 0 saturated heterocycles. The lowest BCUT2D eigenvalue weighted by Crippen LogP contribution is -1.90. The average molecular weight is 338 g/mol. The third-order valence-corrected chi connectivity index (χ3v) is 4.93. The quantitative estimate of drug-likeness (QED) is 0.690. The standard InChI is InChI=1S/C17H14N4S2/c1-11-3-5-13(6-4-11)15-10-23-17(21-15)19-8-14(7-18)16-20-12(2)9-22-16/h3-6,8-10H,1-2H3,(H,19,21)/b14-8+. The van der Waals surface area contributed by atoms with Crippen molar-refractivity contribution < 1.29 is 0 Å². The van der Waals surface area contributed by atoms with Gasteiger partial charge in [0.15, 0.2) is 5.13 Å². The minimum atomic E-state index is 0.509. The molecule has 4 nitrogen and oxygen atoms in total. The van der Waals surface area contributed by atoms with Crippen LogP contribution in [-0.2, 0) is 0 Å². The van der Waals surface area contributed by atoms with E-state index < -0.39 is 0 Å². The number of nitrogens with one attached hydrogen (secondary N) is 1. The smallest absolute Gasteiger partial charge is 0.187 e. The summed E-state index contributed by atoms with van der Waals surface area (Å²) in [4.78, 5) is 8.88. The number of aromatic nitrogens is 2. The first kappa shape index (κ1) is 15.4. The van der Waals surface area contributed by atoms with Crippen LogP contribution in [0.15, 0.2) is 41.2 Å². The molecule has 23 heavy (non-hydrogen) atoms. The number of nitriles is 1. The number of aryl methyl sites for hydroxylation is 2. The number of hydrogen-bond acceptors (Lipinski definition) is 6. The summed E-state index contributed by atoms with van der Waals surface area (Å²) >= 11 is 2.97. The second-order valence-electron chi connectivity index (χ2n) is 5.01. The van der Waals surface area contributed by atoms with Crippen LogP contribution in [0.2, 0.25) is 0 Å². The van der Waals surface area contributed by atoms with Gasteiger partial charge in [-0.15, -0.1) is 22.7 Å². The van der Waals surface area contributed by atoms with Gasteiger partial charge in [-0.2, -0.15) is 5.26 Å². The fourth-order valence-corrected chi connectivity index (χ4v) is 3.40. The van der Waals surface area contributed by atoms with Gasteiger partial charge < -0.3 is 5.32 Å². The molecule has 0 spiro atoms. The lowest BCUT2D eigenvalue weighted by atomic mass is 10.1. The Bertz CT molecular complexity index is 882. The van der Waals surface area contributed by atoms with Crippen molar-refractivity contribution in [2.75, 3.05) is 5.32 Å². The van der Waals surface area contributed by atoms with E-state index >= 15 is 0 Å². The first-order valence-corrected chi connectivity index (χ1v) is 8.73. The molecule has 2 heterocycles. The number of hydrogen-bond donors (Lipinski definition) is 1. The molecule has 3 rings (SSSR count). The minimum absolute atomic E-state index is 0.509. The summed E-state index contributed by atoms with van der Waals surface area (Å²) in [5.41, 5.74) is 4.66. The predicted octanol–water partition coefficient (Wildman–Crippen LogP) is 4.86. The number of benzene rings is 1. The highest BCUT2D eigenvalue weighted by molar-refractivity contribution is 7.14. The van der Waals surface area contributed by atoms with Gasteiger partial charge >= 0.3 is 0 Å². The van der Waals surface area contributed by atoms with E-state index in [-0.39, 0.29) is 0 Å². The van der Waals surface area contributed by atoms with Crippen LogP contribution < -0.4 is 5.32 Å². The number of thiazole rings is 2. The number of rotatable bonds is 4. The van der Waals surface area contributed by atoms with E-state index in [1.165, 1.54) is 28.2 Å². The van der Waals surface area contributed by atoms with Gasteiger partial charge in [0, 0.05) is 28.2 Å². The Hall–Kier alpha value is -2.49. The van der Waals surface area contributed by atoms with Gasteiger partial charge in [0.25, 0.3) is 0 Å². The monoisotopic (exact) mass is 338 g/mol. The van der Waals surface area contributed by atoms with Crippen LogP contribution in [-0.4, -0.2) is 9.97 Å². The van der Waals surface area contributed by atoms with Crippen molar-refractivity contribution in [1.29, 1.82) is 5.26 Å². The van der Waals surface area contributed by atoms with Crippen LogP contribution in [0.3, 0.4) is 0 Å². The number of nitrogens with zero attached hydrogens (tertiary/aromatic N) is 3. The molecule has 0 atom stereocenters. The molecule has 0 amide bonds. The van der Waals surface area contributed by atoms with Crippen LogP contribution in [0, 0.1) is 25.2 Å². The Labute approximate surface area is 142 Å². The summed E-state index contributed by atoms with van der Waals surface area (Å²) < 4.78 is 0. The minimum Gasteiger partial charge on any atom is -0.337 e. The molecule has 3 aromatic rings. The molecule has 0 aliphatic carbocycles. The zero-order valence-electron chi connectivity index (χ0n) is 12.7. The molecule has 0 fully saturated rings. The van der Waals surface area contributed by atoms with Crippen molar-refractivity contribution in [2.45, 2.75) is 13.8 Å². The SMILES string of the molecule is Cc1ccc(-c2csc(N/C=C(\C#N)c3nc(C)cs3)n2)cc1. The van der Waals surface area contributed by atoms with Crippen LogP contribution in [0.25, 0.3) is 16.8 Å². The Morgan fingerprint density at radius 1 is 1.13 bits per heavy atom. The fraction of sp³-hybridized carbons (Fsp3) is 0.118. The van der Waals surface area contributed by atoms with Crippen molar-refractivity contribution in [2.24, 2.45) is 0 Å². The number of allylic oxidation sites excluding steroid dienone is 1. The van der Waals surface area contributed by atoms with Crippen LogP contribution in [0.4, 0.5) is 5.13 Å². The fourth-order valence-electron chi connectivity index (χ4n) is 1.95. The molecule has 1 aromatic carbocycles. The zero-order chi connectivity index (χ0) is 16.2. The van der Waals surface area contributed by atoms with E-state index in [9.17, 15) is 5.26 Å². The summed E-state index contributed by atoms with van der Waals surface area (Å²) in [6, 6.07) is 10.4. The van der Waals surface area contributed by atoms with E-state index in [0.717, 1.165) is 22.1 Å². The third kappa shape index (κ3) is 3.65. The van der Waals surface area contributed by atoms with E-state index in [4.69, 9.17) is 0 Å². The Morgan fingerprint density at radius 2 is 1.91 bits per heavy atom. The Kier molecular flexibility index (Phi) is 4.51. The van der Waals surface area contributed by atoms with Crippen molar-refractivity contribution in [3.05, 3.63) is 57.5 Å². The van der Waals surface area contributed by atoms with Gasteiger partial charge in [0.1, 0.15) is 16.6 Å². The van der Waals surface area contributed by atoms with Gasteiger partial charge in [0.2, 0.25) is 0 Å². The molecule has 0 unspecified atom stereocenters. The summed E-state index contributed by atoms with van der Waals surface area (Å²) in [7, 11) is 0. The third-order valence-electron chi connectivity index (χ3n) is 3.16. The van der Waals surface area contributed by atoms with E-state index in [1.807, 2.05) is 17.7 Å². The van der Waals surface area contributed by atoms with Gasteiger partial charge in [0.05, 0.1) is 5.69 Å². The first-order chi connectivity index (χ1) is 11.2. The van der Waals surface area contributed by atoms with Crippen molar-refractivity contribution >= 4 is 33.4 Å². The van der Waals surface area contributed by atoms with Crippen LogP contribution in [0.1, 0.15) is 16.3 Å². The van der Waals surface area contributed by atoms with E-state index in [2.05, 4.69) is 52.5 Å². The van der Waals surface area contributed by atoms with Gasteiger partial charge in [-0.1, -0.05) is 29.8 Å². The van der Waals surface area contributed by atoms with Crippen LogP contribution in [0.5, 0.6) is 0 Å². The second-order valence-corrected chi connectivity index (χ2v) is 6.73. The highest BCUT2D eigenvalue weighted by Gasteiger charge is 2.07. The Morgan fingerprint density at radius 3 is 2.57 bits per heavy atom. The summed E-state index contributed by atoms with van der Waals surface area (Å²) in [6.07, 6.45) is 1.66. The topological polar surface area (TPSA) is 61.6 Å². The maximum Gasteiger partial charge on any atom is 0.187 e. The average Bonchev–Trinajstić information content (AvgIpc) is 3.18. The second kappa shape index (κ2) is 6.73. The summed E-state index contributed by atoms with van der Waals surface area (Å²) in [5.74, 6) is 0. The molecular formula is C17H14N4S2. The molecule has 0 aliphatic heterocycles. The Balaban J connectivity index is 1.77. The zero-order valence-corrected chi connectivity index (χ0v) is 14.3. The normalized spacial score (nSPS) is 11.3. The molecule has 0 bridgehead atoms. The van der Waals surface area contributed by atoms with Gasteiger partial charge in [-0.3, -0.25) is 0 Å². The van der Waals surface area contributed by atoms with Crippen molar-refractivity contribution in [1.82, 2.24) is 9.97 Å². The number of anilines is 1. The molecule has 0 saturated carbocycles. The lowest BCUT2D eigenvalue weighted by Gasteiger charge is -1.98. The molecule has 2 aromatic heterocycles. The van der Waals surface area contributed by atoms with E-state index in [0.29, 0.717) is 10.6 Å². The molecular weight excluding hydrogens is 324 g/mol. The molecule has 0 radical (unpaired) electrons. The molecule has 0 aliphatic rings. The summed E-state index contributed by atoms with van der Waals surface area (Å²) in [6.45, 7) is 3.98. The predicted molar refractivity (Wildman–Crippen MR) is 96.4 cm³/mol. The lowest BCUT2D eigenvalue weighted by molar-refractivity contribution is 1.24. The molecule has 114 valence electrons. The summed E-state index contributed by atoms with van der Waals surface area (Å²) in [5, 5.41) is 17.8.